The number of amides is 1. The van der Waals surface area contributed by atoms with Gasteiger partial charge in [-0.15, -0.1) is 0 Å². The van der Waals surface area contributed by atoms with Crippen LogP contribution in [-0.4, -0.2) is 97.1 Å². The Morgan fingerprint density at radius 2 is 1.94 bits per heavy atom. The summed E-state index contributed by atoms with van der Waals surface area (Å²) in [7, 11) is 3.98. The molecule has 6 fully saturated rings. The smallest absolute Gasteiger partial charge is 0.414 e. The van der Waals surface area contributed by atoms with Crippen molar-refractivity contribution < 1.29 is 38.7 Å². The van der Waals surface area contributed by atoms with E-state index >= 15 is 0 Å². The first-order valence-corrected chi connectivity index (χ1v) is 11.7. The van der Waals surface area contributed by atoms with Gasteiger partial charge in [0, 0.05) is 23.4 Å². The molecule has 1 amide bonds. The normalized spacial score (nSPS) is 46.8. The van der Waals surface area contributed by atoms with Crippen molar-refractivity contribution in [2.75, 3.05) is 39.3 Å². The zero-order valence-electron chi connectivity index (χ0n) is 19.3. The first-order chi connectivity index (χ1) is 16.3. The summed E-state index contributed by atoms with van der Waals surface area (Å²) in [6, 6.07) is 5.33. The van der Waals surface area contributed by atoms with Crippen LogP contribution in [0.3, 0.4) is 0 Å². The van der Waals surface area contributed by atoms with Crippen LogP contribution >= 0.6 is 0 Å². The predicted octanol–water partition coefficient (Wildman–Crippen LogP) is 0.172. The van der Waals surface area contributed by atoms with Crippen LogP contribution in [0.15, 0.2) is 18.2 Å². The van der Waals surface area contributed by atoms with Gasteiger partial charge in [0.2, 0.25) is 5.60 Å². The van der Waals surface area contributed by atoms with E-state index in [1.165, 1.54) is 26.2 Å². The van der Waals surface area contributed by atoms with E-state index in [2.05, 4.69) is 4.90 Å². The van der Waals surface area contributed by atoms with Gasteiger partial charge in [-0.1, -0.05) is 12.1 Å². The summed E-state index contributed by atoms with van der Waals surface area (Å²) in [5.41, 5.74) is -4.37. The Morgan fingerprint density at radius 3 is 2.65 bits per heavy atom. The molecule has 1 aromatic carbocycles. The first kappa shape index (κ1) is 20.9. The van der Waals surface area contributed by atoms with Crippen LogP contribution in [0.1, 0.15) is 24.8 Å². The highest BCUT2D eigenvalue weighted by Crippen LogP contribution is 2.79. The molecule has 3 aliphatic carbocycles. The van der Waals surface area contributed by atoms with E-state index in [-0.39, 0.29) is 24.7 Å². The lowest BCUT2D eigenvalue weighted by Crippen LogP contribution is -2.92. The SMILES string of the molecule is COC(=O)N1c2c(OC)cccc2[C@@]23CCN4C[C@@H]5O[C@@H]5C5(CCC12[C@](O)(C(=O)OC)[C@@H]5O)[C@H]43. The Morgan fingerprint density at radius 1 is 1.15 bits per heavy atom. The number of anilines is 1. The van der Waals surface area contributed by atoms with Crippen molar-refractivity contribution in [2.45, 2.75) is 60.2 Å². The Hall–Kier alpha value is -2.40. The number of piperidine rings is 1. The summed E-state index contributed by atoms with van der Waals surface area (Å²) in [6.07, 6.45) is -1.17. The molecular weight excluding hydrogens is 444 g/mol. The summed E-state index contributed by atoms with van der Waals surface area (Å²) in [5, 5.41) is 24.5. The number of aliphatic hydroxyl groups is 2. The van der Waals surface area contributed by atoms with Crippen LogP contribution in [0.25, 0.3) is 0 Å². The van der Waals surface area contributed by atoms with Gasteiger partial charge in [0.25, 0.3) is 0 Å². The van der Waals surface area contributed by atoms with Gasteiger partial charge in [0.05, 0.1) is 39.2 Å². The molecule has 1 aromatic rings. The monoisotopic (exact) mass is 472 g/mol. The Bertz CT molecular complexity index is 1140. The maximum atomic E-state index is 13.6. The van der Waals surface area contributed by atoms with Gasteiger partial charge < -0.3 is 29.2 Å². The van der Waals surface area contributed by atoms with Crippen molar-refractivity contribution in [3.8, 4) is 5.75 Å². The standard InChI is InChI=1S/C24H28N2O8/c1-31-13-6-4-5-12-15(13)26(20(29)33-3)23-8-7-21(18(27)24(23,30)19(28)32-2)16-14(34-16)11-25-10-9-22(12,23)17(21)25/h4-6,14,16-18,27,30H,7-11H2,1-3H3/t14-,16-,17-,18+,21?,22+,23?,24+/m0/s1. The minimum atomic E-state index is -2.40. The average molecular weight is 472 g/mol. The van der Waals surface area contributed by atoms with Gasteiger partial charge >= 0.3 is 12.1 Å². The van der Waals surface area contributed by atoms with Gasteiger partial charge in [0.1, 0.15) is 17.4 Å². The second kappa shape index (κ2) is 6.04. The molecule has 3 spiro atoms. The number of epoxide rings is 1. The van der Waals surface area contributed by atoms with Gasteiger partial charge in [-0.3, -0.25) is 9.80 Å². The third-order valence-corrected chi connectivity index (χ3v) is 10.0. The van der Waals surface area contributed by atoms with E-state index in [1.807, 2.05) is 12.1 Å². The highest BCUT2D eigenvalue weighted by atomic mass is 16.6. The van der Waals surface area contributed by atoms with Gasteiger partial charge in [-0.05, 0) is 37.4 Å². The molecule has 2 unspecified atom stereocenters. The van der Waals surface area contributed by atoms with Crippen molar-refractivity contribution >= 4 is 17.7 Å². The number of para-hydroxylation sites is 1. The number of carbonyl (C=O) groups is 2. The molecule has 8 atom stereocenters. The zero-order valence-corrected chi connectivity index (χ0v) is 19.3. The highest BCUT2D eigenvalue weighted by Gasteiger charge is 2.93. The molecular formula is C24H28N2O8. The summed E-state index contributed by atoms with van der Waals surface area (Å²) in [5.74, 6) is -0.520. The van der Waals surface area contributed by atoms with Crippen molar-refractivity contribution in [1.29, 1.82) is 0 Å². The van der Waals surface area contributed by atoms with Crippen molar-refractivity contribution in [3.63, 3.8) is 0 Å². The quantitative estimate of drug-likeness (QED) is 0.458. The van der Waals surface area contributed by atoms with Crippen LogP contribution in [0.4, 0.5) is 10.5 Å². The molecule has 2 bridgehead atoms. The molecule has 2 N–H and O–H groups in total. The Labute approximate surface area is 196 Å². The van der Waals surface area contributed by atoms with E-state index in [4.69, 9.17) is 18.9 Å². The number of ether oxygens (including phenoxy) is 4. The van der Waals surface area contributed by atoms with E-state index in [1.54, 1.807) is 6.07 Å². The van der Waals surface area contributed by atoms with Gasteiger partial charge in [-0.2, -0.15) is 0 Å². The van der Waals surface area contributed by atoms with E-state index < -0.39 is 40.1 Å². The van der Waals surface area contributed by atoms with Crippen LogP contribution in [-0.2, 0) is 24.4 Å². The van der Waals surface area contributed by atoms with Crippen LogP contribution < -0.4 is 9.64 Å². The number of hydrogen-bond acceptors (Lipinski definition) is 9. The molecule has 10 heteroatoms. The molecule has 10 nitrogen and oxygen atoms in total. The largest absolute Gasteiger partial charge is 0.495 e. The fraction of sp³-hybridized carbons (Fsp3) is 0.667. The summed E-state index contributed by atoms with van der Waals surface area (Å²) >= 11 is 0. The lowest BCUT2D eigenvalue weighted by molar-refractivity contribution is -0.279. The van der Waals surface area contributed by atoms with Gasteiger partial charge in [0.15, 0.2) is 0 Å². The number of carbonyl (C=O) groups excluding carboxylic acids is 2. The molecule has 182 valence electrons. The van der Waals surface area contributed by atoms with Crippen molar-refractivity contribution in [3.05, 3.63) is 23.8 Å². The number of esters is 1. The fourth-order valence-corrected chi connectivity index (χ4v) is 9.18. The lowest BCUT2D eigenvalue weighted by Gasteiger charge is -2.72. The van der Waals surface area contributed by atoms with Crippen molar-refractivity contribution in [1.82, 2.24) is 4.90 Å². The topological polar surface area (TPSA) is 121 Å². The number of rotatable bonds is 2. The van der Waals surface area contributed by atoms with Crippen LogP contribution in [0.2, 0.25) is 0 Å². The molecule has 8 rings (SSSR count). The second-order valence-electron chi connectivity index (χ2n) is 10.5. The molecule has 4 heterocycles. The molecule has 34 heavy (non-hydrogen) atoms. The predicted molar refractivity (Wildman–Crippen MR) is 116 cm³/mol. The summed E-state index contributed by atoms with van der Waals surface area (Å²) in [6.45, 7) is 1.41. The highest BCUT2D eigenvalue weighted by molar-refractivity contribution is 6.01. The Balaban J connectivity index is 1.64. The van der Waals surface area contributed by atoms with Gasteiger partial charge in [-0.25, -0.2) is 9.59 Å². The minimum Gasteiger partial charge on any atom is -0.495 e. The lowest BCUT2D eigenvalue weighted by atomic mass is 9.36. The molecule has 7 aliphatic rings. The molecule has 0 radical (unpaired) electrons. The number of methoxy groups -OCH3 is 3. The fourth-order valence-electron chi connectivity index (χ4n) is 9.18. The molecule has 3 saturated heterocycles. The van der Waals surface area contributed by atoms with Crippen LogP contribution in [0, 0.1) is 5.41 Å². The maximum absolute atomic E-state index is 13.6. The van der Waals surface area contributed by atoms with E-state index in [9.17, 15) is 19.8 Å². The number of hydrogen-bond donors (Lipinski definition) is 2. The number of aliphatic hydroxyl groups excluding tert-OH is 1. The number of nitrogens with zero attached hydrogens (tertiary/aromatic N) is 2. The number of benzene rings is 1. The molecule has 0 aromatic heterocycles. The molecule has 3 saturated carbocycles. The number of fused-ring (bicyclic) bond motifs is 4. The minimum absolute atomic E-state index is 0.0450. The van der Waals surface area contributed by atoms with E-state index in [0.717, 1.165) is 12.1 Å². The summed E-state index contributed by atoms with van der Waals surface area (Å²) < 4.78 is 22.2. The Kier molecular flexibility index (Phi) is 3.72. The first-order valence-electron chi connectivity index (χ1n) is 11.7. The second-order valence-corrected chi connectivity index (χ2v) is 10.5. The van der Waals surface area contributed by atoms with Crippen LogP contribution in [0.5, 0.6) is 5.75 Å². The summed E-state index contributed by atoms with van der Waals surface area (Å²) in [4.78, 5) is 30.8. The maximum Gasteiger partial charge on any atom is 0.414 e. The van der Waals surface area contributed by atoms with Crippen molar-refractivity contribution in [2.24, 2.45) is 5.41 Å². The average Bonchev–Trinajstić information content (AvgIpc) is 3.47. The molecule has 4 aliphatic heterocycles. The third-order valence-electron chi connectivity index (χ3n) is 10.0. The van der Waals surface area contributed by atoms with E-state index in [0.29, 0.717) is 30.8 Å². The zero-order chi connectivity index (χ0) is 23.8. The third kappa shape index (κ3) is 1.72.